The Kier molecular flexibility index (Phi) is 27.5. The van der Waals surface area contributed by atoms with Crippen LogP contribution in [-0.2, 0) is 19.2 Å². The topological polar surface area (TPSA) is 333 Å². The summed E-state index contributed by atoms with van der Waals surface area (Å²) in [6.07, 6.45) is -0.400. The molecular formula is C86H104N18O12. The molecule has 0 fully saturated rings. The van der Waals surface area contributed by atoms with E-state index in [0.29, 0.717) is 92.2 Å². The van der Waals surface area contributed by atoms with Gasteiger partial charge < -0.3 is 71.9 Å². The molecule has 8 aromatic rings. The lowest BCUT2D eigenvalue weighted by Gasteiger charge is -2.29. The van der Waals surface area contributed by atoms with Crippen LogP contribution in [0.5, 0.6) is 0 Å². The van der Waals surface area contributed by atoms with Crippen molar-refractivity contribution in [2.45, 2.75) is 25.7 Å². The molecule has 0 saturated heterocycles. The average molecular weight is 1580 g/mol. The number of imide groups is 4. The molecule has 610 valence electrons. The quantitative estimate of drug-likeness (QED) is 0.0225. The van der Waals surface area contributed by atoms with Crippen molar-refractivity contribution in [1.82, 2.24) is 70.3 Å². The molecule has 12 rings (SSSR count). The molecule has 0 spiro atoms. The highest BCUT2D eigenvalue weighted by molar-refractivity contribution is 6.30. The molecule has 0 radical (unpaired) electrons. The standard InChI is InChI=1S/C86H104N18O12/c1-95(2)45-33-87-67-25-21-63-75-55(67)13-9-17-59(75)79(109)101(83(63)113)49-37-91-71(105)29-41-99(42-30-72(106)92-38-50-102-80(110)60-18-10-14-56-68(88-34-46-96(3)4)26-22-64(76(56)60)84(102)114)53-54-100(43-31-73(107)93-39-51-103-81(111)61-19-11-15-57-69(89-35-47-97(5)6)27-23-65(77(57)61)85(103)115)44-32-74(108)94-40-52-104-82(112)62-20-12-16-58-70(90-36-48-98(7)8)28-24-66(78(58)62)86(104)116/h9-28,87-90H,29-54H2,1-8H3,(H,91,105)(H,92,106)(H,93,107)(H,94,108). The number of nitrogens with one attached hydrogen (secondary N) is 8. The Morgan fingerprint density at radius 2 is 0.448 bits per heavy atom. The Morgan fingerprint density at radius 1 is 0.250 bits per heavy atom. The summed E-state index contributed by atoms with van der Waals surface area (Å²) >= 11 is 0. The number of benzene rings is 8. The predicted molar refractivity (Wildman–Crippen MR) is 449 cm³/mol. The van der Waals surface area contributed by atoms with Crippen LogP contribution in [0.25, 0.3) is 43.1 Å². The number of carbonyl (C=O) groups excluding carboxylic acids is 12. The van der Waals surface area contributed by atoms with Gasteiger partial charge in [0.2, 0.25) is 23.6 Å². The molecule has 0 atom stereocenters. The van der Waals surface area contributed by atoms with Crippen molar-refractivity contribution < 1.29 is 57.5 Å². The molecule has 12 amide bonds. The summed E-state index contributed by atoms with van der Waals surface area (Å²) in [7, 11) is 15.8. The number of nitrogens with zero attached hydrogens (tertiary/aromatic N) is 10. The zero-order valence-electron chi connectivity index (χ0n) is 67.3. The number of hydrogen-bond acceptors (Lipinski definition) is 22. The molecule has 116 heavy (non-hydrogen) atoms. The van der Waals surface area contributed by atoms with Gasteiger partial charge in [0.15, 0.2) is 0 Å². The lowest BCUT2D eigenvalue weighted by molar-refractivity contribution is -0.123. The van der Waals surface area contributed by atoms with Gasteiger partial charge in [0.05, 0.1) is 0 Å². The molecule has 30 heteroatoms. The van der Waals surface area contributed by atoms with Crippen LogP contribution in [0.3, 0.4) is 0 Å². The van der Waals surface area contributed by atoms with Crippen LogP contribution in [0.1, 0.15) is 109 Å². The van der Waals surface area contributed by atoms with Crippen LogP contribution in [0.4, 0.5) is 22.7 Å². The van der Waals surface area contributed by atoms with Gasteiger partial charge in [-0.1, -0.05) is 48.5 Å². The second-order valence-electron chi connectivity index (χ2n) is 30.6. The first-order chi connectivity index (χ1) is 55.9. The monoisotopic (exact) mass is 1580 g/mol. The number of likely N-dealkylation sites (N-methyl/N-ethyl adjacent to an activating group) is 4. The van der Waals surface area contributed by atoms with E-state index in [-0.39, 0.29) is 117 Å². The molecule has 4 heterocycles. The molecule has 0 aromatic heterocycles. The van der Waals surface area contributed by atoms with Gasteiger partial charge in [-0.25, -0.2) is 0 Å². The van der Waals surface area contributed by atoms with E-state index in [1.807, 2.05) is 134 Å². The molecule has 4 aliphatic heterocycles. The van der Waals surface area contributed by atoms with Crippen molar-refractivity contribution in [3.8, 4) is 0 Å². The van der Waals surface area contributed by atoms with Gasteiger partial charge in [0.1, 0.15) is 0 Å². The maximum atomic E-state index is 14.1. The normalized spacial score (nSPS) is 13.9. The maximum absolute atomic E-state index is 14.1. The predicted octanol–water partition coefficient (Wildman–Crippen LogP) is 5.31. The highest BCUT2D eigenvalue weighted by Gasteiger charge is 2.38. The molecule has 8 aromatic carbocycles. The van der Waals surface area contributed by atoms with Crippen molar-refractivity contribution in [2.75, 3.05) is 222 Å². The zero-order valence-corrected chi connectivity index (χ0v) is 67.3. The molecule has 0 bridgehead atoms. The Morgan fingerprint density at radius 3 is 0.647 bits per heavy atom. The van der Waals surface area contributed by atoms with E-state index in [2.05, 4.69) is 42.5 Å². The summed E-state index contributed by atoms with van der Waals surface area (Å²) in [5, 5.41) is 30.4. The summed E-state index contributed by atoms with van der Waals surface area (Å²) in [4.78, 5) is 185. The van der Waals surface area contributed by atoms with Crippen LogP contribution in [0, 0.1) is 0 Å². The van der Waals surface area contributed by atoms with E-state index in [0.717, 1.165) is 90.1 Å². The minimum absolute atomic E-state index is 0.0683. The van der Waals surface area contributed by atoms with E-state index >= 15 is 0 Å². The summed E-state index contributed by atoms with van der Waals surface area (Å²) in [6, 6.07) is 35.5. The number of rotatable bonds is 43. The van der Waals surface area contributed by atoms with Gasteiger partial charge in [-0.15, -0.1) is 0 Å². The van der Waals surface area contributed by atoms with Gasteiger partial charge in [-0.05, 0) is 129 Å². The van der Waals surface area contributed by atoms with Crippen LogP contribution in [0.2, 0.25) is 0 Å². The van der Waals surface area contributed by atoms with Crippen LogP contribution < -0.4 is 42.5 Å². The Hall–Kier alpha value is -11.8. The maximum Gasteiger partial charge on any atom is 0.261 e. The molecule has 4 aliphatic rings. The Labute approximate surface area is 674 Å². The lowest BCUT2D eigenvalue weighted by atomic mass is 9.93. The largest absolute Gasteiger partial charge is 0.383 e. The van der Waals surface area contributed by atoms with Crippen molar-refractivity contribution in [1.29, 1.82) is 0 Å². The van der Waals surface area contributed by atoms with Crippen molar-refractivity contribution in [3.05, 3.63) is 166 Å². The summed E-state index contributed by atoms with van der Waals surface area (Å²) in [5.74, 6) is -5.60. The first-order valence-electron chi connectivity index (χ1n) is 39.6. The van der Waals surface area contributed by atoms with E-state index in [1.54, 1.807) is 72.8 Å². The van der Waals surface area contributed by atoms with Gasteiger partial charge in [-0.3, -0.25) is 77.1 Å². The molecule has 0 unspecified atom stereocenters. The second-order valence-corrected chi connectivity index (χ2v) is 30.6. The molecule has 30 nitrogen and oxygen atoms in total. The third-order valence-electron chi connectivity index (χ3n) is 21.4. The molecular weight excluding hydrogens is 1480 g/mol. The summed E-state index contributed by atoms with van der Waals surface area (Å²) in [6.45, 7) is 5.58. The highest BCUT2D eigenvalue weighted by Crippen LogP contribution is 2.39. The highest BCUT2D eigenvalue weighted by atomic mass is 16.2. The molecule has 0 aliphatic carbocycles. The van der Waals surface area contributed by atoms with Crippen LogP contribution in [0.15, 0.2) is 121 Å². The van der Waals surface area contributed by atoms with Crippen molar-refractivity contribution >= 4 is 137 Å². The molecule has 8 N–H and O–H groups in total. The Balaban J connectivity index is 0.713. The Bertz CT molecular complexity index is 4430. The zero-order chi connectivity index (χ0) is 82.4. The van der Waals surface area contributed by atoms with Crippen molar-refractivity contribution in [3.63, 3.8) is 0 Å². The summed E-state index contributed by atoms with van der Waals surface area (Å²) < 4.78 is 0. The fourth-order valence-corrected chi connectivity index (χ4v) is 15.2. The number of hydrogen-bond donors (Lipinski definition) is 8. The lowest BCUT2D eigenvalue weighted by Crippen LogP contribution is -2.46. The fraction of sp³-hybridized carbons (Fsp3) is 0.395. The second kappa shape index (κ2) is 38.1. The van der Waals surface area contributed by atoms with E-state index < -0.39 is 70.9 Å². The van der Waals surface area contributed by atoms with E-state index in [4.69, 9.17) is 0 Å². The minimum Gasteiger partial charge on any atom is -0.383 e. The summed E-state index contributed by atoms with van der Waals surface area (Å²) in [5.41, 5.74) is 6.09. The van der Waals surface area contributed by atoms with Gasteiger partial charge in [0, 0.05) is 280 Å². The third kappa shape index (κ3) is 19.2. The average Bonchev–Trinajstić information content (AvgIpc) is 0.761. The number of amides is 12. The molecule has 0 saturated carbocycles. The van der Waals surface area contributed by atoms with Crippen LogP contribution in [-0.4, -0.2) is 320 Å². The first kappa shape index (κ1) is 83.6. The number of carbonyl (C=O) groups is 12. The number of anilines is 4. The minimum atomic E-state index is -0.492. The smallest absolute Gasteiger partial charge is 0.261 e. The first-order valence-corrected chi connectivity index (χ1v) is 39.6. The van der Waals surface area contributed by atoms with E-state index in [1.165, 1.54) is 0 Å². The third-order valence-corrected chi connectivity index (χ3v) is 21.4. The van der Waals surface area contributed by atoms with E-state index in [9.17, 15) is 57.5 Å². The van der Waals surface area contributed by atoms with Gasteiger partial charge >= 0.3 is 0 Å². The van der Waals surface area contributed by atoms with Gasteiger partial charge in [-0.2, -0.15) is 0 Å². The van der Waals surface area contributed by atoms with Gasteiger partial charge in [0.25, 0.3) is 47.3 Å². The fourth-order valence-electron chi connectivity index (χ4n) is 15.2. The SMILES string of the molecule is CN(C)CCNc1ccc2c3c(cccc13)C(=O)N(CCNC(=O)CCN(CCC(=O)NCCN1C(=O)c3cccc4c(NCCN(C)C)ccc(c34)C1=O)CCN(CCC(=O)NCCN1C(=O)c3cccc4c(NCCN(C)C)ccc(c34)C1=O)CCC(=O)NCCN1C(=O)c3cccc4c(NCCN(C)C)ccc(c34)C1=O)C2=O. The van der Waals surface area contributed by atoms with Crippen molar-refractivity contribution in [2.24, 2.45) is 0 Å². The van der Waals surface area contributed by atoms with Crippen LogP contribution >= 0.6 is 0 Å².